The Morgan fingerprint density at radius 1 is 1.41 bits per heavy atom. The SMILES string of the molecule is CCOC(=O)c1c(Cl)c2ccccc2oc1=O. The lowest BCUT2D eigenvalue weighted by molar-refractivity contribution is 0.0522. The fraction of sp³-hybridized carbons (Fsp3) is 0.167. The third-order valence-corrected chi connectivity index (χ3v) is 2.62. The van der Waals surface area contributed by atoms with E-state index >= 15 is 0 Å². The van der Waals surface area contributed by atoms with Crippen molar-refractivity contribution in [2.75, 3.05) is 6.61 Å². The van der Waals surface area contributed by atoms with Gasteiger partial charge in [0.2, 0.25) is 0 Å². The van der Waals surface area contributed by atoms with E-state index in [2.05, 4.69) is 0 Å². The van der Waals surface area contributed by atoms with Gasteiger partial charge in [0.15, 0.2) is 5.56 Å². The van der Waals surface area contributed by atoms with Crippen LogP contribution in [0.5, 0.6) is 0 Å². The van der Waals surface area contributed by atoms with E-state index in [4.69, 9.17) is 20.8 Å². The van der Waals surface area contributed by atoms with Crippen LogP contribution in [0.2, 0.25) is 5.02 Å². The van der Waals surface area contributed by atoms with Crippen molar-refractivity contribution in [3.05, 3.63) is 45.3 Å². The van der Waals surface area contributed by atoms with Gasteiger partial charge in [-0.2, -0.15) is 0 Å². The summed E-state index contributed by atoms with van der Waals surface area (Å²) in [7, 11) is 0. The first-order chi connectivity index (χ1) is 8.15. The molecule has 0 aliphatic heterocycles. The van der Waals surface area contributed by atoms with Gasteiger partial charge in [-0.1, -0.05) is 23.7 Å². The number of ether oxygens (including phenoxy) is 1. The van der Waals surface area contributed by atoms with Crippen LogP contribution in [-0.4, -0.2) is 12.6 Å². The number of hydrogen-bond donors (Lipinski definition) is 0. The predicted octanol–water partition coefficient (Wildman–Crippen LogP) is 2.62. The molecule has 2 aromatic rings. The first-order valence-electron chi connectivity index (χ1n) is 5.03. The fourth-order valence-corrected chi connectivity index (χ4v) is 1.80. The standard InChI is InChI=1S/C12H9ClO4/c1-2-16-11(14)9-10(13)7-5-3-4-6-8(7)17-12(9)15/h3-6H,2H2,1H3. The topological polar surface area (TPSA) is 56.5 Å². The van der Waals surface area contributed by atoms with Gasteiger partial charge in [-0.3, -0.25) is 0 Å². The lowest BCUT2D eigenvalue weighted by Crippen LogP contribution is -2.17. The number of halogens is 1. The fourth-order valence-electron chi connectivity index (χ4n) is 1.49. The van der Waals surface area contributed by atoms with Gasteiger partial charge in [-0.15, -0.1) is 0 Å². The summed E-state index contributed by atoms with van der Waals surface area (Å²) in [4.78, 5) is 23.2. The van der Waals surface area contributed by atoms with Crippen molar-refractivity contribution in [3.63, 3.8) is 0 Å². The predicted molar refractivity (Wildman–Crippen MR) is 63.5 cm³/mol. The average molecular weight is 253 g/mol. The molecule has 0 N–H and O–H groups in total. The average Bonchev–Trinajstić information content (AvgIpc) is 2.29. The highest BCUT2D eigenvalue weighted by molar-refractivity contribution is 6.38. The van der Waals surface area contributed by atoms with Crippen molar-refractivity contribution in [1.82, 2.24) is 0 Å². The summed E-state index contributed by atoms with van der Waals surface area (Å²) in [5.74, 6) is -0.767. The number of para-hydroxylation sites is 1. The Morgan fingerprint density at radius 2 is 2.12 bits per heavy atom. The number of rotatable bonds is 2. The third kappa shape index (κ3) is 2.03. The molecule has 0 unspecified atom stereocenters. The van der Waals surface area contributed by atoms with Crippen molar-refractivity contribution >= 4 is 28.5 Å². The van der Waals surface area contributed by atoms with E-state index in [1.807, 2.05) is 0 Å². The van der Waals surface area contributed by atoms with E-state index < -0.39 is 11.6 Å². The molecule has 17 heavy (non-hydrogen) atoms. The lowest BCUT2D eigenvalue weighted by Gasteiger charge is -2.04. The molecule has 2 rings (SSSR count). The Bertz CT molecular complexity index is 630. The zero-order chi connectivity index (χ0) is 12.4. The Morgan fingerprint density at radius 3 is 2.82 bits per heavy atom. The zero-order valence-electron chi connectivity index (χ0n) is 9.03. The van der Waals surface area contributed by atoms with Gasteiger partial charge in [0.05, 0.1) is 11.6 Å². The molecule has 0 aliphatic rings. The highest BCUT2D eigenvalue weighted by atomic mass is 35.5. The van der Waals surface area contributed by atoms with Gasteiger partial charge >= 0.3 is 11.6 Å². The monoisotopic (exact) mass is 252 g/mol. The van der Waals surface area contributed by atoms with Gasteiger partial charge in [-0.05, 0) is 19.1 Å². The highest BCUT2D eigenvalue weighted by Crippen LogP contribution is 2.24. The maximum absolute atomic E-state index is 11.6. The summed E-state index contributed by atoms with van der Waals surface area (Å²) >= 11 is 6.02. The van der Waals surface area contributed by atoms with Gasteiger partial charge < -0.3 is 9.15 Å². The van der Waals surface area contributed by atoms with Crippen LogP contribution in [0.3, 0.4) is 0 Å². The zero-order valence-corrected chi connectivity index (χ0v) is 9.78. The van der Waals surface area contributed by atoms with E-state index in [1.54, 1.807) is 31.2 Å². The Balaban J connectivity index is 2.72. The van der Waals surface area contributed by atoms with Crippen LogP contribution in [0.25, 0.3) is 11.0 Å². The van der Waals surface area contributed by atoms with Gasteiger partial charge in [0, 0.05) is 5.39 Å². The Hall–Kier alpha value is -1.81. The second-order valence-corrected chi connectivity index (χ2v) is 3.67. The molecular weight excluding hydrogens is 244 g/mol. The molecule has 88 valence electrons. The van der Waals surface area contributed by atoms with Gasteiger partial charge in [-0.25, -0.2) is 9.59 Å². The molecule has 0 radical (unpaired) electrons. The summed E-state index contributed by atoms with van der Waals surface area (Å²) < 4.78 is 9.76. The quantitative estimate of drug-likeness (QED) is 0.609. The summed E-state index contributed by atoms with van der Waals surface area (Å²) in [5.41, 5.74) is -0.699. The molecule has 0 saturated carbocycles. The number of benzene rings is 1. The minimum atomic E-state index is -0.785. The molecule has 1 heterocycles. The van der Waals surface area contributed by atoms with E-state index in [1.165, 1.54) is 0 Å². The van der Waals surface area contributed by atoms with E-state index in [0.29, 0.717) is 11.0 Å². The maximum Gasteiger partial charge on any atom is 0.352 e. The van der Waals surface area contributed by atoms with Crippen LogP contribution in [0.15, 0.2) is 33.5 Å². The minimum absolute atomic E-state index is 0.0651. The first-order valence-corrected chi connectivity index (χ1v) is 5.41. The second-order valence-electron chi connectivity index (χ2n) is 3.30. The largest absolute Gasteiger partial charge is 0.462 e. The number of hydrogen-bond acceptors (Lipinski definition) is 4. The van der Waals surface area contributed by atoms with Crippen molar-refractivity contribution in [2.45, 2.75) is 6.92 Å². The Kier molecular flexibility index (Phi) is 3.15. The third-order valence-electron chi connectivity index (χ3n) is 2.23. The molecule has 4 nitrogen and oxygen atoms in total. The van der Waals surface area contributed by atoms with Crippen molar-refractivity contribution in [1.29, 1.82) is 0 Å². The van der Waals surface area contributed by atoms with Crippen LogP contribution in [0, 0.1) is 0 Å². The Labute approximate surface area is 102 Å². The normalized spacial score (nSPS) is 10.5. The van der Waals surface area contributed by atoms with Crippen molar-refractivity contribution < 1.29 is 13.9 Å². The number of esters is 1. The van der Waals surface area contributed by atoms with Crippen LogP contribution in [0.4, 0.5) is 0 Å². The first kappa shape index (κ1) is 11.7. The molecule has 0 spiro atoms. The van der Waals surface area contributed by atoms with Crippen LogP contribution in [0.1, 0.15) is 17.3 Å². The molecular formula is C12H9ClO4. The van der Waals surface area contributed by atoms with E-state index in [-0.39, 0.29) is 17.2 Å². The molecule has 0 atom stereocenters. The summed E-state index contributed by atoms with van der Waals surface area (Å²) in [5, 5.41) is 0.576. The molecule has 0 aliphatic carbocycles. The van der Waals surface area contributed by atoms with Gasteiger partial charge in [0.25, 0.3) is 0 Å². The second kappa shape index (κ2) is 4.59. The molecule has 1 aromatic heterocycles. The summed E-state index contributed by atoms with van der Waals surface area (Å²) in [6.07, 6.45) is 0. The van der Waals surface area contributed by atoms with Crippen LogP contribution in [-0.2, 0) is 4.74 Å². The lowest BCUT2D eigenvalue weighted by atomic mass is 10.2. The van der Waals surface area contributed by atoms with E-state index in [9.17, 15) is 9.59 Å². The molecule has 5 heteroatoms. The van der Waals surface area contributed by atoms with Crippen LogP contribution < -0.4 is 5.63 Å². The summed E-state index contributed by atoms with van der Waals surface area (Å²) in [6.45, 7) is 1.82. The number of carbonyl (C=O) groups excluding carboxylic acids is 1. The van der Waals surface area contributed by atoms with Crippen LogP contribution >= 0.6 is 11.6 Å². The van der Waals surface area contributed by atoms with Crippen molar-refractivity contribution in [2.24, 2.45) is 0 Å². The minimum Gasteiger partial charge on any atom is -0.462 e. The highest BCUT2D eigenvalue weighted by Gasteiger charge is 2.20. The van der Waals surface area contributed by atoms with Crippen molar-refractivity contribution in [3.8, 4) is 0 Å². The number of fused-ring (bicyclic) bond motifs is 1. The molecule has 0 bridgehead atoms. The number of carbonyl (C=O) groups is 1. The molecule has 0 fully saturated rings. The molecule has 1 aromatic carbocycles. The van der Waals surface area contributed by atoms with Gasteiger partial charge in [0.1, 0.15) is 5.58 Å². The maximum atomic E-state index is 11.6. The smallest absolute Gasteiger partial charge is 0.352 e. The summed E-state index contributed by atoms with van der Waals surface area (Å²) in [6, 6.07) is 6.73. The molecule has 0 saturated heterocycles. The van der Waals surface area contributed by atoms with E-state index in [0.717, 1.165) is 0 Å². The molecule has 0 amide bonds.